The molecule has 21 heteroatoms. The topological polar surface area (TPSA) is 259 Å². The van der Waals surface area contributed by atoms with Crippen LogP contribution in [0.1, 0.15) is 22.3 Å². The van der Waals surface area contributed by atoms with Gasteiger partial charge in [0.2, 0.25) is 15.9 Å². The highest BCUT2D eigenvalue weighted by Crippen LogP contribution is 2.15. The Morgan fingerprint density at radius 2 is 1.26 bits per heavy atom. The van der Waals surface area contributed by atoms with Crippen LogP contribution in [0.4, 0.5) is 26.3 Å². The molecular weight excluding hydrogens is 706 g/mol. The molecule has 50 heavy (non-hydrogen) atoms. The third kappa shape index (κ3) is 15.6. The number of carboxylic acids is 2. The van der Waals surface area contributed by atoms with Gasteiger partial charge in [-0.15, -0.1) is 0 Å². The first kappa shape index (κ1) is 42.5. The van der Waals surface area contributed by atoms with E-state index in [4.69, 9.17) is 46.8 Å². The fourth-order valence-electron chi connectivity index (χ4n) is 3.23. The number of carbonyl (C=O) groups is 3. The van der Waals surface area contributed by atoms with Gasteiger partial charge in [0.1, 0.15) is 17.7 Å². The van der Waals surface area contributed by atoms with Gasteiger partial charge in [-0.1, -0.05) is 66.7 Å². The van der Waals surface area contributed by atoms with Crippen molar-refractivity contribution in [1.82, 2.24) is 10.0 Å². The Morgan fingerprint density at radius 1 is 0.760 bits per heavy atom. The highest BCUT2D eigenvalue weighted by molar-refractivity contribution is 7.89. The standard InChI is InChI=1S/C25H28N6O4S.2C2HF3O2/c26-23(27)19-11-9-17(10-12-19)14-30-25(32)22(16-35-15-18-5-2-1-3-6-18)31-36(33,34)21-8-4-7-20(13-21)24(28)29;2*3-2(4,5)1(6)7/h1-13,22,31H,14-16H2,(H3,26,27)(H3,28,29)(H,30,32);2*(H,6,7)/t22-;;/m1../s1. The summed E-state index contributed by atoms with van der Waals surface area (Å²) >= 11 is 0. The minimum atomic E-state index is -5.08. The molecule has 0 bridgehead atoms. The van der Waals surface area contributed by atoms with Gasteiger partial charge in [0, 0.05) is 17.7 Å². The molecule has 0 saturated heterocycles. The number of nitrogens with one attached hydrogen (secondary N) is 4. The Morgan fingerprint density at radius 3 is 1.72 bits per heavy atom. The SMILES string of the molecule is N=C(N)c1ccc(CNC(=O)[C@@H](COCc2ccccc2)NS(=O)(=O)c2cccc(C(=N)N)c2)cc1.O=C(O)C(F)(F)F.O=C(O)C(F)(F)F. The Hall–Kier alpha value is -5.54. The van der Waals surface area contributed by atoms with Crippen LogP contribution in [0.2, 0.25) is 0 Å². The lowest BCUT2D eigenvalue weighted by molar-refractivity contribution is -0.193. The first-order valence-electron chi connectivity index (χ1n) is 13.4. The normalized spacial score (nSPS) is 11.8. The minimum absolute atomic E-state index is 0.0653. The quantitative estimate of drug-likeness (QED) is 0.0766. The Kier molecular flexibility index (Phi) is 16.0. The number of aliphatic carboxylic acids is 2. The number of rotatable bonds is 12. The molecule has 0 heterocycles. The molecule has 0 aliphatic carbocycles. The number of amidine groups is 2. The minimum Gasteiger partial charge on any atom is -0.475 e. The Bertz CT molecular complexity index is 1720. The summed E-state index contributed by atoms with van der Waals surface area (Å²) in [5, 5.41) is 32.0. The summed E-state index contributed by atoms with van der Waals surface area (Å²) in [6.07, 6.45) is -10.2. The fraction of sp³-hybridized carbons (Fsp3) is 0.207. The summed E-state index contributed by atoms with van der Waals surface area (Å²) in [7, 11) is -4.13. The van der Waals surface area contributed by atoms with Crippen LogP contribution in [-0.2, 0) is 42.3 Å². The zero-order valence-electron chi connectivity index (χ0n) is 25.4. The van der Waals surface area contributed by atoms with E-state index in [-0.39, 0.29) is 41.9 Å². The van der Waals surface area contributed by atoms with E-state index < -0.39 is 46.3 Å². The largest absolute Gasteiger partial charge is 0.490 e. The van der Waals surface area contributed by atoms with Crippen molar-refractivity contribution in [3.63, 3.8) is 0 Å². The third-order valence-electron chi connectivity index (χ3n) is 5.68. The second-order valence-electron chi connectivity index (χ2n) is 9.55. The fourth-order valence-corrected chi connectivity index (χ4v) is 4.46. The van der Waals surface area contributed by atoms with E-state index >= 15 is 0 Å². The number of hydrogen-bond donors (Lipinski definition) is 8. The lowest BCUT2D eigenvalue weighted by atomic mass is 10.1. The molecule has 10 N–H and O–H groups in total. The molecule has 1 atom stereocenters. The number of sulfonamides is 1. The monoisotopic (exact) mass is 736 g/mol. The molecule has 0 unspecified atom stereocenters. The van der Waals surface area contributed by atoms with Crippen molar-refractivity contribution in [3.8, 4) is 0 Å². The van der Waals surface area contributed by atoms with E-state index in [1.807, 2.05) is 30.3 Å². The highest BCUT2D eigenvalue weighted by Gasteiger charge is 2.39. The molecule has 0 aliphatic rings. The smallest absolute Gasteiger partial charge is 0.475 e. The van der Waals surface area contributed by atoms with Crippen LogP contribution >= 0.6 is 0 Å². The molecular formula is C29H30F6N6O8S. The molecule has 272 valence electrons. The number of nitrogen functional groups attached to an aromatic ring is 2. The number of hydrogen-bond acceptors (Lipinski definition) is 8. The molecule has 0 aromatic heterocycles. The number of nitrogens with two attached hydrogens (primary N) is 2. The maximum absolute atomic E-state index is 13.0. The maximum atomic E-state index is 13.0. The number of ether oxygens (including phenoxy) is 1. The van der Waals surface area contributed by atoms with Crippen molar-refractivity contribution in [1.29, 1.82) is 10.8 Å². The van der Waals surface area contributed by atoms with Crippen molar-refractivity contribution in [2.75, 3.05) is 6.61 Å². The van der Waals surface area contributed by atoms with E-state index in [1.54, 1.807) is 24.3 Å². The van der Waals surface area contributed by atoms with Gasteiger partial charge >= 0.3 is 24.3 Å². The number of alkyl halides is 6. The van der Waals surface area contributed by atoms with Crippen LogP contribution in [0.15, 0.2) is 83.8 Å². The lowest BCUT2D eigenvalue weighted by Crippen LogP contribution is -2.49. The van der Waals surface area contributed by atoms with Crippen molar-refractivity contribution < 1.29 is 64.1 Å². The number of carboxylic acid groups (broad SMARTS) is 2. The second kappa shape index (κ2) is 18.9. The average molecular weight is 737 g/mol. The van der Waals surface area contributed by atoms with Gasteiger partial charge in [-0.25, -0.2) is 18.0 Å². The molecule has 3 aromatic rings. The van der Waals surface area contributed by atoms with Gasteiger partial charge < -0.3 is 31.7 Å². The van der Waals surface area contributed by atoms with Crippen LogP contribution in [-0.4, -0.2) is 73.1 Å². The third-order valence-corrected chi connectivity index (χ3v) is 7.15. The zero-order valence-corrected chi connectivity index (χ0v) is 26.2. The van der Waals surface area contributed by atoms with Crippen LogP contribution in [0.5, 0.6) is 0 Å². The second-order valence-corrected chi connectivity index (χ2v) is 11.3. The van der Waals surface area contributed by atoms with Gasteiger partial charge in [-0.05, 0) is 23.3 Å². The van der Waals surface area contributed by atoms with E-state index in [2.05, 4.69) is 10.0 Å². The molecule has 14 nitrogen and oxygen atoms in total. The summed E-state index contributed by atoms with van der Waals surface area (Å²) < 4.78 is 97.6. The molecule has 0 fully saturated rings. The van der Waals surface area contributed by atoms with Crippen LogP contribution in [0, 0.1) is 10.8 Å². The van der Waals surface area contributed by atoms with Crippen molar-refractivity contribution in [2.45, 2.75) is 36.4 Å². The summed E-state index contributed by atoms with van der Waals surface area (Å²) in [4.78, 5) is 30.7. The Labute approximate surface area is 280 Å². The number of benzene rings is 3. The van der Waals surface area contributed by atoms with Gasteiger partial charge in [-0.3, -0.25) is 15.6 Å². The number of amides is 1. The predicted octanol–water partition coefficient (Wildman–Crippen LogP) is 2.70. The van der Waals surface area contributed by atoms with E-state index in [0.717, 1.165) is 11.1 Å². The van der Waals surface area contributed by atoms with E-state index in [9.17, 15) is 39.6 Å². The van der Waals surface area contributed by atoms with Crippen molar-refractivity contribution in [2.24, 2.45) is 11.5 Å². The lowest BCUT2D eigenvalue weighted by Gasteiger charge is -2.19. The number of carbonyl (C=O) groups excluding carboxylic acids is 1. The molecule has 3 aromatic carbocycles. The summed E-state index contributed by atoms with van der Waals surface area (Å²) in [6, 6.07) is 20.4. The molecule has 1 amide bonds. The molecule has 0 saturated carbocycles. The summed E-state index contributed by atoms with van der Waals surface area (Å²) in [6.45, 7) is 0.113. The summed E-state index contributed by atoms with van der Waals surface area (Å²) in [5.41, 5.74) is 13.4. The molecule has 0 spiro atoms. The number of halogens is 6. The van der Waals surface area contributed by atoms with Gasteiger partial charge in [0.15, 0.2) is 0 Å². The van der Waals surface area contributed by atoms with E-state index in [1.165, 1.54) is 24.3 Å². The first-order valence-corrected chi connectivity index (χ1v) is 14.9. The summed E-state index contributed by atoms with van der Waals surface area (Å²) in [5.74, 6) is -6.43. The molecule has 0 radical (unpaired) electrons. The van der Waals surface area contributed by atoms with Crippen LogP contribution in [0.3, 0.4) is 0 Å². The first-order chi connectivity index (χ1) is 23.0. The highest BCUT2D eigenvalue weighted by atomic mass is 32.2. The van der Waals surface area contributed by atoms with Crippen LogP contribution in [0.25, 0.3) is 0 Å². The maximum Gasteiger partial charge on any atom is 0.490 e. The average Bonchev–Trinajstić information content (AvgIpc) is 3.03. The van der Waals surface area contributed by atoms with E-state index in [0.29, 0.717) is 5.56 Å². The van der Waals surface area contributed by atoms with Crippen LogP contribution < -0.4 is 21.5 Å². The molecule has 0 aliphatic heterocycles. The van der Waals surface area contributed by atoms with Gasteiger partial charge in [0.05, 0.1) is 18.1 Å². The van der Waals surface area contributed by atoms with Gasteiger partial charge in [-0.2, -0.15) is 31.1 Å². The zero-order chi connectivity index (χ0) is 38.3. The predicted molar refractivity (Wildman–Crippen MR) is 164 cm³/mol. The van der Waals surface area contributed by atoms with Gasteiger partial charge in [0.25, 0.3) is 0 Å². The Balaban J connectivity index is 0.000000748. The van der Waals surface area contributed by atoms with Crippen molar-refractivity contribution in [3.05, 3.63) is 101 Å². The van der Waals surface area contributed by atoms with Crippen molar-refractivity contribution >= 4 is 39.5 Å². The molecule has 3 rings (SSSR count).